The van der Waals surface area contributed by atoms with E-state index in [1.165, 1.54) is 18.7 Å². The van der Waals surface area contributed by atoms with Crippen molar-refractivity contribution >= 4 is 16.9 Å². The molecule has 1 atom stereocenters. The van der Waals surface area contributed by atoms with Crippen LogP contribution in [0.5, 0.6) is 0 Å². The Hall–Kier alpha value is -2.37. The molecule has 114 valence electrons. The van der Waals surface area contributed by atoms with Crippen molar-refractivity contribution < 1.29 is 0 Å². The fraction of sp³-hybridized carbons (Fsp3) is 0.438. The summed E-state index contributed by atoms with van der Waals surface area (Å²) in [6, 6.07) is 2.53. The maximum absolute atomic E-state index is 4.53. The van der Waals surface area contributed by atoms with Gasteiger partial charge in [0.05, 0.1) is 11.4 Å². The Morgan fingerprint density at radius 3 is 3.18 bits per heavy atom. The van der Waals surface area contributed by atoms with Crippen molar-refractivity contribution in [3.05, 3.63) is 36.8 Å². The first-order chi connectivity index (χ1) is 10.9. The predicted molar refractivity (Wildman–Crippen MR) is 86.0 cm³/mol. The molecule has 0 amide bonds. The monoisotopic (exact) mass is 296 g/mol. The number of nitrogens with one attached hydrogen (secondary N) is 1. The van der Waals surface area contributed by atoms with E-state index in [1.807, 2.05) is 12.4 Å². The van der Waals surface area contributed by atoms with Gasteiger partial charge in [-0.2, -0.15) is 0 Å². The smallest absolute Gasteiger partial charge is 0.142 e. The van der Waals surface area contributed by atoms with Gasteiger partial charge in [0.1, 0.15) is 23.6 Å². The second-order valence-electron chi connectivity index (χ2n) is 5.78. The Bertz CT molecular complexity index is 774. The predicted octanol–water partition coefficient (Wildman–Crippen LogP) is 2.56. The number of piperidine rings is 1. The highest BCUT2D eigenvalue weighted by Gasteiger charge is 2.24. The third-order valence-electron chi connectivity index (χ3n) is 4.49. The van der Waals surface area contributed by atoms with Gasteiger partial charge in [-0.3, -0.25) is 0 Å². The van der Waals surface area contributed by atoms with Crippen molar-refractivity contribution in [3.8, 4) is 0 Å². The van der Waals surface area contributed by atoms with Crippen LogP contribution in [0.4, 0.5) is 5.82 Å². The number of anilines is 1. The molecule has 22 heavy (non-hydrogen) atoms. The summed E-state index contributed by atoms with van der Waals surface area (Å²) in [4.78, 5) is 18.8. The number of nitrogens with zero attached hydrogens (tertiary/aromatic N) is 5. The molecule has 1 aliphatic rings. The molecule has 4 heterocycles. The molecule has 1 N–H and O–H groups in total. The molecule has 1 fully saturated rings. The molecule has 3 aromatic rings. The van der Waals surface area contributed by atoms with Gasteiger partial charge in [0.25, 0.3) is 0 Å². The highest BCUT2D eigenvalue weighted by molar-refractivity contribution is 5.87. The summed E-state index contributed by atoms with van der Waals surface area (Å²) in [5.41, 5.74) is 0.906. The minimum atomic E-state index is 0.468. The molecule has 0 radical (unpaired) electrons. The van der Waals surface area contributed by atoms with E-state index < -0.39 is 0 Å². The molecule has 3 aromatic heterocycles. The summed E-state index contributed by atoms with van der Waals surface area (Å²) < 4.78 is 2.33. The van der Waals surface area contributed by atoms with Crippen molar-refractivity contribution in [2.24, 2.45) is 0 Å². The van der Waals surface area contributed by atoms with Gasteiger partial charge in [-0.15, -0.1) is 0 Å². The van der Waals surface area contributed by atoms with Gasteiger partial charge in [0.2, 0.25) is 0 Å². The number of aryl methyl sites for hydroxylation is 1. The molecule has 0 unspecified atom stereocenters. The summed E-state index contributed by atoms with van der Waals surface area (Å²) in [7, 11) is 0. The molecule has 1 saturated heterocycles. The molecule has 0 spiro atoms. The average molecular weight is 296 g/mol. The van der Waals surface area contributed by atoms with Crippen molar-refractivity contribution in [1.29, 1.82) is 0 Å². The zero-order valence-electron chi connectivity index (χ0n) is 12.7. The molecule has 6 heteroatoms. The van der Waals surface area contributed by atoms with E-state index >= 15 is 0 Å². The van der Waals surface area contributed by atoms with Crippen molar-refractivity contribution in [2.75, 3.05) is 18.0 Å². The Labute approximate surface area is 129 Å². The van der Waals surface area contributed by atoms with Crippen LogP contribution in [0.1, 0.15) is 31.6 Å². The molecule has 6 nitrogen and oxygen atoms in total. The van der Waals surface area contributed by atoms with Gasteiger partial charge in [0.15, 0.2) is 0 Å². The lowest BCUT2D eigenvalue weighted by atomic mass is 10.0. The van der Waals surface area contributed by atoms with Crippen LogP contribution in [0, 0.1) is 0 Å². The number of H-pyrrole nitrogens is 1. The molecular weight excluding hydrogens is 276 g/mol. The number of aromatic nitrogens is 5. The number of hydrogen-bond donors (Lipinski definition) is 1. The molecule has 1 aliphatic heterocycles. The SMILES string of the molecule is CCc1nccn1[C@H]1CCCN(c2ncnc3[nH]ccc23)C1. The normalized spacial score (nSPS) is 19.0. The number of aromatic amines is 1. The first kappa shape index (κ1) is 13.3. The van der Waals surface area contributed by atoms with E-state index in [9.17, 15) is 0 Å². The minimum Gasteiger partial charge on any atom is -0.354 e. The first-order valence-corrected chi connectivity index (χ1v) is 7.91. The van der Waals surface area contributed by atoms with E-state index in [1.54, 1.807) is 6.33 Å². The second-order valence-corrected chi connectivity index (χ2v) is 5.78. The topological polar surface area (TPSA) is 62.6 Å². The fourth-order valence-corrected chi connectivity index (χ4v) is 3.44. The van der Waals surface area contributed by atoms with Gasteiger partial charge in [-0.25, -0.2) is 15.0 Å². The quantitative estimate of drug-likeness (QED) is 0.807. The average Bonchev–Trinajstić information content (AvgIpc) is 3.23. The van der Waals surface area contributed by atoms with Crippen LogP contribution >= 0.6 is 0 Å². The molecule has 0 bridgehead atoms. The lowest BCUT2D eigenvalue weighted by Crippen LogP contribution is -2.37. The third kappa shape index (κ3) is 2.15. The van der Waals surface area contributed by atoms with E-state index in [4.69, 9.17) is 0 Å². The highest BCUT2D eigenvalue weighted by Crippen LogP contribution is 2.29. The maximum Gasteiger partial charge on any atom is 0.142 e. The van der Waals surface area contributed by atoms with Crippen LogP contribution in [0.3, 0.4) is 0 Å². The molecule has 0 aliphatic carbocycles. The number of fused-ring (bicyclic) bond motifs is 1. The standard InChI is InChI=1S/C16H20N6/c1-2-14-17-7-9-22(14)12-4-3-8-21(10-12)16-13-5-6-18-15(13)19-11-20-16/h5-7,9,11-12H,2-4,8,10H2,1H3,(H,18,19,20)/t12-/m0/s1. The van der Waals surface area contributed by atoms with Crippen LogP contribution in [0.2, 0.25) is 0 Å². The van der Waals surface area contributed by atoms with Gasteiger partial charge in [-0.05, 0) is 18.9 Å². The van der Waals surface area contributed by atoms with Gasteiger partial charge >= 0.3 is 0 Å². The fourth-order valence-electron chi connectivity index (χ4n) is 3.44. The highest BCUT2D eigenvalue weighted by atomic mass is 15.2. The second kappa shape index (κ2) is 5.44. The largest absolute Gasteiger partial charge is 0.354 e. The number of rotatable bonds is 3. The van der Waals surface area contributed by atoms with Crippen molar-refractivity contribution in [3.63, 3.8) is 0 Å². The Balaban J connectivity index is 1.65. The lowest BCUT2D eigenvalue weighted by Gasteiger charge is -2.35. The molecule has 4 rings (SSSR count). The minimum absolute atomic E-state index is 0.468. The van der Waals surface area contributed by atoms with Crippen LogP contribution in [0.25, 0.3) is 11.0 Å². The zero-order valence-corrected chi connectivity index (χ0v) is 12.7. The van der Waals surface area contributed by atoms with Crippen LogP contribution < -0.4 is 4.90 Å². The molecule has 0 aromatic carbocycles. The van der Waals surface area contributed by atoms with Gasteiger partial charge in [-0.1, -0.05) is 6.92 Å². The van der Waals surface area contributed by atoms with Gasteiger partial charge < -0.3 is 14.5 Å². The first-order valence-electron chi connectivity index (χ1n) is 7.91. The van der Waals surface area contributed by atoms with Crippen molar-refractivity contribution in [1.82, 2.24) is 24.5 Å². The lowest BCUT2D eigenvalue weighted by molar-refractivity contribution is 0.395. The van der Waals surface area contributed by atoms with Crippen molar-refractivity contribution in [2.45, 2.75) is 32.2 Å². The summed E-state index contributed by atoms with van der Waals surface area (Å²) in [5.74, 6) is 2.20. The summed E-state index contributed by atoms with van der Waals surface area (Å²) in [6.07, 6.45) is 10.9. The van der Waals surface area contributed by atoms with E-state index in [2.05, 4.69) is 48.6 Å². The third-order valence-corrected chi connectivity index (χ3v) is 4.49. The molecular formula is C16H20N6. The maximum atomic E-state index is 4.53. The van der Waals surface area contributed by atoms with Crippen LogP contribution in [-0.2, 0) is 6.42 Å². The van der Waals surface area contributed by atoms with Gasteiger partial charge in [0, 0.05) is 38.1 Å². The van der Waals surface area contributed by atoms with E-state index in [0.717, 1.165) is 36.4 Å². The Kier molecular flexibility index (Phi) is 3.29. The Morgan fingerprint density at radius 2 is 2.27 bits per heavy atom. The number of imidazole rings is 1. The summed E-state index contributed by atoms with van der Waals surface area (Å²) in [5, 5.41) is 1.10. The van der Waals surface area contributed by atoms with Crippen LogP contribution in [0.15, 0.2) is 31.0 Å². The van der Waals surface area contributed by atoms with E-state index in [-0.39, 0.29) is 0 Å². The van der Waals surface area contributed by atoms with E-state index in [0.29, 0.717) is 6.04 Å². The summed E-state index contributed by atoms with van der Waals surface area (Å²) in [6.45, 7) is 4.18. The summed E-state index contributed by atoms with van der Waals surface area (Å²) >= 11 is 0. The Morgan fingerprint density at radius 1 is 1.32 bits per heavy atom. The zero-order chi connectivity index (χ0) is 14.9. The molecule has 0 saturated carbocycles. The number of hydrogen-bond acceptors (Lipinski definition) is 4. The van der Waals surface area contributed by atoms with Crippen LogP contribution in [-0.4, -0.2) is 37.6 Å².